The Kier molecular flexibility index (Phi) is 19.4. The second kappa shape index (κ2) is 23.1. The molecule has 0 amide bonds. The van der Waals surface area contributed by atoms with Gasteiger partial charge in [0, 0.05) is 0 Å². The summed E-state index contributed by atoms with van der Waals surface area (Å²) >= 11 is 9.17. The Morgan fingerprint density at radius 2 is 0.851 bits per heavy atom. The average molecular weight is 921 g/mol. The third kappa shape index (κ3) is 13.0. The van der Waals surface area contributed by atoms with E-state index in [9.17, 15) is 0 Å². The summed E-state index contributed by atoms with van der Waals surface area (Å²) in [7, 11) is 0. The quantitative estimate of drug-likeness (QED) is 0.0465. The van der Waals surface area contributed by atoms with Crippen LogP contribution in [0, 0.1) is 0 Å². The molecule has 0 aliphatic carbocycles. The van der Waals surface area contributed by atoms with E-state index in [1.807, 2.05) is 0 Å². The molecule has 0 saturated carbocycles. The van der Waals surface area contributed by atoms with Crippen LogP contribution in [0.4, 0.5) is 0 Å². The van der Waals surface area contributed by atoms with Gasteiger partial charge in [0.15, 0.2) is 0 Å². The summed E-state index contributed by atoms with van der Waals surface area (Å²) in [5.41, 5.74) is 4.09. The number of hydrogen-bond donors (Lipinski definition) is 0. The van der Waals surface area contributed by atoms with Crippen molar-refractivity contribution in [1.29, 1.82) is 0 Å². The van der Waals surface area contributed by atoms with Crippen LogP contribution in [0.15, 0.2) is 31.0 Å². The molecule has 47 heavy (non-hydrogen) atoms. The van der Waals surface area contributed by atoms with Crippen LogP contribution < -0.4 is 9.47 Å². The molecular weight excluding hydrogens is 866 g/mol. The maximum absolute atomic E-state index is 6.84. The number of ether oxygens (including phenoxy) is 2. The molecule has 0 saturated heterocycles. The first-order valence-electron chi connectivity index (χ1n) is 18.2. The van der Waals surface area contributed by atoms with E-state index in [1.165, 1.54) is 143 Å². The normalized spacial score (nSPS) is 11.6. The van der Waals surface area contributed by atoms with E-state index in [-0.39, 0.29) is 29.0 Å². The van der Waals surface area contributed by atoms with Crippen LogP contribution in [0.1, 0.15) is 142 Å². The molecule has 0 aliphatic heterocycles. The minimum atomic E-state index is 0.169. The van der Waals surface area contributed by atoms with Gasteiger partial charge in [0.05, 0.1) is 0 Å². The molecule has 0 bridgehead atoms. The van der Waals surface area contributed by atoms with Crippen molar-refractivity contribution in [1.82, 2.24) is 8.75 Å². The molecule has 9 heteroatoms. The fraction of sp³-hybridized carbons (Fsp3) is 0.632. The minimum absolute atomic E-state index is 0.169. The Balaban J connectivity index is 1.47. The number of benzene rings is 1. The van der Waals surface area contributed by atoms with Gasteiger partial charge in [-0.25, -0.2) is 0 Å². The topological polar surface area (TPSA) is 44.2 Å². The second-order valence-electron chi connectivity index (χ2n) is 12.6. The average Bonchev–Trinajstić information content (AvgIpc) is 3.83. The predicted octanol–water partition coefficient (Wildman–Crippen LogP) is 13.3. The van der Waals surface area contributed by atoms with Crippen molar-refractivity contribution in [3.8, 4) is 31.5 Å². The molecule has 3 heterocycles. The van der Waals surface area contributed by atoms with E-state index >= 15 is 0 Å². The van der Waals surface area contributed by atoms with Gasteiger partial charge in [-0.15, -0.1) is 0 Å². The van der Waals surface area contributed by atoms with Crippen molar-refractivity contribution in [3.05, 3.63) is 31.0 Å². The first-order chi connectivity index (χ1) is 23.1. The molecule has 0 aliphatic rings. The summed E-state index contributed by atoms with van der Waals surface area (Å²) in [5, 5.41) is 0. The predicted molar refractivity (Wildman–Crippen MR) is 212 cm³/mol. The van der Waals surface area contributed by atoms with E-state index < -0.39 is 0 Å². The van der Waals surface area contributed by atoms with Crippen LogP contribution >= 0.6 is 43.6 Å². The van der Waals surface area contributed by atoms with Gasteiger partial charge in [-0.3, -0.25) is 0 Å². The van der Waals surface area contributed by atoms with Crippen LogP contribution in [0.25, 0.3) is 31.0 Å². The number of fused-ring (bicyclic) bond motifs is 1. The summed E-state index contributed by atoms with van der Waals surface area (Å²) < 4.78 is 28.5. The van der Waals surface area contributed by atoms with Gasteiger partial charge in [-0.05, 0) is 0 Å². The van der Waals surface area contributed by atoms with Crippen LogP contribution in [-0.2, 0) is 0 Å². The summed E-state index contributed by atoms with van der Waals surface area (Å²) in [6.45, 7) is 5.97. The molecule has 0 spiro atoms. The van der Waals surface area contributed by atoms with Crippen LogP contribution in [0.2, 0.25) is 0 Å². The maximum atomic E-state index is 6.84. The summed E-state index contributed by atoms with van der Waals surface area (Å²) in [6.07, 6.45) is 26.2. The molecule has 260 valence electrons. The number of nitrogens with zero attached hydrogens (tertiary/aromatic N) is 2. The molecule has 1 aromatic carbocycles. The van der Waals surface area contributed by atoms with Gasteiger partial charge >= 0.3 is 267 Å². The third-order valence-corrected chi connectivity index (χ3v) is 15.2. The Hall–Kier alpha value is -0.401. The number of unbranched alkanes of at least 4 members (excludes halogenated alkanes) is 18. The van der Waals surface area contributed by atoms with Crippen LogP contribution in [0.3, 0.4) is 0 Å². The Labute approximate surface area is 317 Å². The van der Waals surface area contributed by atoms with Gasteiger partial charge in [0.25, 0.3) is 0 Å². The fourth-order valence-electron chi connectivity index (χ4n) is 6.12. The molecule has 0 atom stereocenters. The molecule has 3 aromatic heterocycles. The van der Waals surface area contributed by atoms with Gasteiger partial charge in [0.1, 0.15) is 0 Å². The number of hydrogen-bond acceptors (Lipinski definition) is 5. The van der Waals surface area contributed by atoms with Crippen molar-refractivity contribution in [2.75, 3.05) is 13.2 Å². The number of halogens is 2. The van der Waals surface area contributed by atoms with E-state index in [0.717, 1.165) is 46.5 Å². The first-order valence-corrected chi connectivity index (χ1v) is 24.0. The zero-order chi connectivity index (χ0) is 33.1. The summed E-state index contributed by atoms with van der Waals surface area (Å²) in [5.74, 6) is 1.76. The Bertz CT molecular complexity index is 1330. The van der Waals surface area contributed by atoms with Gasteiger partial charge in [-0.1, -0.05) is 52.4 Å². The molecule has 0 fully saturated rings. The number of rotatable bonds is 26. The first kappa shape index (κ1) is 39.4. The fourth-order valence-corrected chi connectivity index (χ4v) is 12.0. The van der Waals surface area contributed by atoms with Gasteiger partial charge < -0.3 is 0 Å². The molecule has 4 rings (SSSR count). The SMILES string of the molecule is CCCCCCCCCCCCOc1c(OCCCCCCCCCCCC)c(-c2ccc(Br)[se]2)c2nsnc2c1-c1ccc(Br)[se]1. The second-order valence-corrected chi connectivity index (χ2v) is 21.8. The number of aromatic nitrogens is 2. The zero-order valence-corrected chi connectivity index (χ0v) is 36.0. The van der Waals surface area contributed by atoms with Crippen molar-refractivity contribution in [2.45, 2.75) is 142 Å². The molecular formula is C38H54Br2N2O2SSe2. The van der Waals surface area contributed by atoms with E-state index in [0.29, 0.717) is 13.2 Å². The summed E-state index contributed by atoms with van der Waals surface area (Å²) in [4.78, 5) is 0. The summed E-state index contributed by atoms with van der Waals surface area (Å²) in [6, 6.07) is 8.81. The standard InChI is InChI=1S/C38H54Br2N2O2SSe2/c1-3-5-7-9-11-13-15-17-19-21-27-43-37-33(29-23-25-31(39)46-29)35-36(42-45-41-35)34(30-24-26-32(40)47-30)38(37)44-28-22-20-18-16-14-12-10-8-6-4-2/h23-26H,3-22,27-28H2,1-2H3. The van der Waals surface area contributed by atoms with Crippen molar-refractivity contribution < 1.29 is 9.47 Å². The van der Waals surface area contributed by atoms with Gasteiger partial charge in [0.2, 0.25) is 0 Å². The Morgan fingerprint density at radius 1 is 0.511 bits per heavy atom. The van der Waals surface area contributed by atoms with Gasteiger partial charge in [-0.2, -0.15) is 0 Å². The molecule has 4 aromatic rings. The molecule has 4 nitrogen and oxygen atoms in total. The van der Waals surface area contributed by atoms with Crippen LogP contribution in [-0.4, -0.2) is 51.0 Å². The van der Waals surface area contributed by atoms with E-state index in [2.05, 4.69) is 70.0 Å². The van der Waals surface area contributed by atoms with E-state index in [1.54, 1.807) is 0 Å². The molecule has 0 N–H and O–H groups in total. The molecule has 0 unspecified atom stereocenters. The third-order valence-electron chi connectivity index (χ3n) is 8.75. The molecule has 0 radical (unpaired) electrons. The van der Waals surface area contributed by atoms with E-state index in [4.69, 9.17) is 18.2 Å². The monoisotopic (exact) mass is 920 g/mol. The zero-order valence-electron chi connectivity index (χ0n) is 28.6. The van der Waals surface area contributed by atoms with Crippen molar-refractivity contribution >= 4 is 83.6 Å². The van der Waals surface area contributed by atoms with Crippen LogP contribution in [0.5, 0.6) is 11.5 Å². The van der Waals surface area contributed by atoms with Crippen molar-refractivity contribution in [3.63, 3.8) is 0 Å². The Morgan fingerprint density at radius 3 is 1.17 bits per heavy atom. The van der Waals surface area contributed by atoms with Crippen molar-refractivity contribution in [2.24, 2.45) is 0 Å².